The highest BCUT2D eigenvalue weighted by Gasteiger charge is 2.15. The molecule has 100 valence electrons. The van der Waals surface area contributed by atoms with E-state index < -0.39 is 6.10 Å². The molecule has 2 aromatic rings. The van der Waals surface area contributed by atoms with Crippen molar-refractivity contribution in [1.29, 1.82) is 0 Å². The fourth-order valence-corrected chi connectivity index (χ4v) is 1.89. The van der Waals surface area contributed by atoms with Gasteiger partial charge in [0.15, 0.2) is 6.10 Å². The summed E-state index contributed by atoms with van der Waals surface area (Å²) >= 11 is 0. The number of pyridine rings is 1. The van der Waals surface area contributed by atoms with Gasteiger partial charge in [-0.1, -0.05) is 11.6 Å². The summed E-state index contributed by atoms with van der Waals surface area (Å²) < 4.78 is 5.68. The van der Waals surface area contributed by atoms with Gasteiger partial charge in [0.2, 0.25) is 0 Å². The van der Waals surface area contributed by atoms with Gasteiger partial charge in [0.1, 0.15) is 5.75 Å². The van der Waals surface area contributed by atoms with Crippen LogP contribution in [0.3, 0.4) is 0 Å². The standard InChI is InChI=1S/C14H17N3O2/c1-8-4-5-12-11(6-8)13(7-9(2)16-12)19-10(3)14(18)17-15/h4-7,10H,15H2,1-3H3,(H,17,18)/t10-/m0/s1. The van der Waals surface area contributed by atoms with Gasteiger partial charge in [-0.25, -0.2) is 5.84 Å². The molecule has 0 saturated heterocycles. The number of hydrazine groups is 1. The van der Waals surface area contributed by atoms with Crippen molar-refractivity contribution in [1.82, 2.24) is 10.4 Å². The largest absolute Gasteiger partial charge is 0.480 e. The number of nitrogens with two attached hydrogens (primary N) is 1. The number of carbonyl (C=O) groups excluding carboxylic acids is 1. The van der Waals surface area contributed by atoms with Crippen molar-refractivity contribution in [2.75, 3.05) is 0 Å². The van der Waals surface area contributed by atoms with E-state index in [2.05, 4.69) is 10.4 Å². The monoisotopic (exact) mass is 259 g/mol. The Hall–Kier alpha value is -2.14. The van der Waals surface area contributed by atoms with E-state index in [0.29, 0.717) is 5.75 Å². The highest BCUT2D eigenvalue weighted by atomic mass is 16.5. The number of fused-ring (bicyclic) bond motifs is 1. The number of aryl methyl sites for hydroxylation is 2. The molecule has 0 fully saturated rings. The molecule has 0 spiro atoms. The second kappa shape index (κ2) is 5.24. The maximum atomic E-state index is 11.4. The van der Waals surface area contributed by atoms with E-state index in [1.165, 1.54) is 0 Å². The molecule has 5 nitrogen and oxygen atoms in total. The molecular weight excluding hydrogens is 242 g/mol. The zero-order valence-corrected chi connectivity index (χ0v) is 11.2. The number of rotatable bonds is 3. The van der Waals surface area contributed by atoms with Crippen molar-refractivity contribution >= 4 is 16.8 Å². The molecule has 3 N–H and O–H groups in total. The summed E-state index contributed by atoms with van der Waals surface area (Å²) in [5, 5.41) is 0.891. The lowest BCUT2D eigenvalue weighted by molar-refractivity contribution is -0.127. The van der Waals surface area contributed by atoms with Crippen LogP contribution in [0.1, 0.15) is 18.2 Å². The van der Waals surface area contributed by atoms with Crippen molar-refractivity contribution in [3.05, 3.63) is 35.5 Å². The first-order valence-electron chi connectivity index (χ1n) is 6.06. The molecule has 0 unspecified atom stereocenters. The van der Waals surface area contributed by atoms with Gasteiger partial charge in [-0.15, -0.1) is 0 Å². The van der Waals surface area contributed by atoms with Gasteiger partial charge < -0.3 is 4.74 Å². The predicted molar refractivity (Wildman–Crippen MR) is 73.6 cm³/mol. The summed E-state index contributed by atoms with van der Waals surface area (Å²) in [4.78, 5) is 15.9. The maximum absolute atomic E-state index is 11.4. The van der Waals surface area contributed by atoms with Crippen LogP contribution in [-0.4, -0.2) is 17.0 Å². The Morgan fingerprint density at radius 2 is 2.11 bits per heavy atom. The summed E-state index contributed by atoms with van der Waals surface area (Å²) in [5.74, 6) is 5.38. The molecular formula is C14H17N3O2. The summed E-state index contributed by atoms with van der Waals surface area (Å²) in [5.41, 5.74) is 4.88. The number of nitrogens with zero attached hydrogens (tertiary/aromatic N) is 1. The van der Waals surface area contributed by atoms with E-state index in [-0.39, 0.29) is 5.91 Å². The minimum Gasteiger partial charge on any atom is -0.480 e. The van der Waals surface area contributed by atoms with E-state index in [9.17, 15) is 4.79 Å². The number of benzene rings is 1. The SMILES string of the molecule is Cc1ccc2nc(C)cc(O[C@@H](C)C(=O)NN)c2c1. The molecule has 5 heteroatoms. The van der Waals surface area contributed by atoms with Gasteiger partial charge in [0.25, 0.3) is 5.91 Å². The van der Waals surface area contributed by atoms with Crippen molar-refractivity contribution in [3.8, 4) is 5.75 Å². The summed E-state index contributed by atoms with van der Waals surface area (Å²) in [7, 11) is 0. The molecule has 0 saturated carbocycles. The molecule has 1 aromatic carbocycles. The first kappa shape index (κ1) is 13.3. The minimum absolute atomic E-state index is 0.365. The van der Waals surface area contributed by atoms with Crippen LogP contribution in [0.5, 0.6) is 5.75 Å². The molecule has 0 aliphatic carbocycles. The Bertz CT molecular complexity index is 625. The molecule has 0 radical (unpaired) electrons. The molecule has 1 heterocycles. The molecule has 1 aromatic heterocycles. The van der Waals surface area contributed by atoms with Crippen molar-refractivity contribution in [3.63, 3.8) is 0 Å². The molecule has 1 atom stereocenters. The Labute approximate surface area is 111 Å². The molecule has 0 aliphatic heterocycles. The van der Waals surface area contributed by atoms with Gasteiger partial charge >= 0.3 is 0 Å². The third-order valence-corrected chi connectivity index (χ3v) is 2.87. The number of hydrogen-bond acceptors (Lipinski definition) is 4. The fourth-order valence-electron chi connectivity index (χ4n) is 1.89. The molecule has 0 bridgehead atoms. The van der Waals surface area contributed by atoms with Crippen LogP contribution in [0.4, 0.5) is 0 Å². The quantitative estimate of drug-likeness (QED) is 0.499. The molecule has 19 heavy (non-hydrogen) atoms. The van der Waals surface area contributed by atoms with E-state index in [4.69, 9.17) is 10.6 Å². The number of nitrogens with one attached hydrogen (secondary N) is 1. The number of carbonyl (C=O) groups is 1. The van der Waals surface area contributed by atoms with Crippen LogP contribution in [0.25, 0.3) is 10.9 Å². The van der Waals surface area contributed by atoms with Crippen molar-refractivity contribution < 1.29 is 9.53 Å². The zero-order chi connectivity index (χ0) is 14.0. The lowest BCUT2D eigenvalue weighted by atomic mass is 10.1. The third-order valence-electron chi connectivity index (χ3n) is 2.87. The summed E-state index contributed by atoms with van der Waals surface area (Å²) in [6, 6.07) is 7.75. The van der Waals surface area contributed by atoms with Crippen molar-refractivity contribution in [2.24, 2.45) is 5.84 Å². The van der Waals surface area contributed by atoms with Crippen LogP contribution in [0.2, 0.25) is 0 Å². The number of aromatic nitrogens is 1. The molecule has 2 rings (SSSR count). The second-order valence-electron chi connectivity index (χ2n) is 4.55. The van der Waals surface area contributed by atoms with E-state index in [1.807, 2.05) is 38.1 Å². The van der Waals surface area contributed by atoms with Gasteiger partial charge in [-0.3, -0.25) is 15.2 Å². The highest BCUT2D eigenvalue weighted by molar-refractivity contribution is 5.87. The minimum atomic E-state index is -0.657. The first-order chi connectivity index (χ1) is 9.01. The summed E-state index contributed by atoms with van der Waals surface area (Å²) in [6.07, 6.45) is -0.657. The first-order valence-corrected chi connectivity index (χ1v) is 6.06. The van der Waals surface area contributed by atoms with Crippen LogP contribution >= 0.6 is 0 Å². The van der Waals surface area contributed by atoms with Gasteiger partial charge in [0, 0.05) is 17.1 Å². The fraction of sp³-hybridized carbons (Fsp3) is 0.286. The van der Waals surface area contributed by atoms with E-state index in [0.717, 1.165) is 22.2 Å². The summed E-state index contributed by atoms with van der Waals surface area (Å²) in [6.45, 7) is 5.54. The number of amides is 1. The number of hydrogen-bond donors (Lipinski definition) is 2. The lowest BCUT2D eigenvalue weighted by Crippen LogP contribution is -2.40. The van der Waals surface area contributed by atoms with Crippen molar-refractivity contribution in [2.45, 2.75) is 26.9 Å². The van der Waals surface area contributed by atoms with E-state index >= 15 is 0 Å². The predicted octanol–water partition coefficient (Wildman–Crippen LogP) is 1.61. The Kier molecular flexibility index (Phi) is 3.66. The Balaban J connectivity index is 2.46. The maximum Gasteiger partial charge on any atom is 0.274 e. The van der Waals surface area contributed by atoms with Crippen LogP contribution in [0, 0.1) is 13.8 Å². The second-order valence-corrected chi connectivity index (χ2v) is 4.55. The average Bonchev–Trinajstić information content (AvgIpc) is 2.38. The van der Waals surface area contributed by atoms with Crippen LogP contribution in [-0.2, 0) is 4.79 Å². The smallest absolute Gasteiger partial charge is 0.274 e. The van der Waals surface area contributed by atoms with Crippen LogP contribution < -0.4 is 16.0 Å². The van der Waals surface area contributed by atoms with Crippen LogP contribution in [0.15, 0.2) is 24.3 Å². The van der Waals surface area contributed by atoms with E-state index in [1.54, 1.807) is 6.92 Å². The molecule has 0 aliphatic rings. The van der Waals surface area contributed by atoms with Gasteiger partial charge in [-0.05, 0) is 32.9 Å². The topological polar surface area (TPSA) is 77.2 Å². The third kappa shape index (κ3) is 2.82. The highest BCUT2D eigenvalue weighted by Crippen LogP contribution is 2.27. The Morgan fingerprint density at radius 1 is 1.37 bits per heavy atom. The number of ether oxygens (including phenoxy) is 1. The Morgan fingerprint density at radius 3 is 2.79 bits per heavy atom. The lowest BCUT2D eigenvalue weighted by Gasteiger charge is -2.15. The zero-order valence-electron chi connectivity index (χ0n) is 11.2. The van der Waals surface area contributed by atoms with Gasteiger partial charge in [0.05, 0.1) is 5.52 Å². The molecule has 1 amide bonds. The average molecular weight is 259 g/mol. The normalized spacial score (nSPS) is 12.2. The van der Waals surface area contributed by atoms with Gasteiger partial charge in [-0.2, -0.15) is 0 Å².